The average molecular weight is 352 g/mol. The Morgan fingerprint density at radius 3 is 2.72 bits per heavy atom. The van der Waals surface area contributed by atoms with Crippen molar-refractivity contribution in [3.05, 3.63) is 65.9 Å². The van der Waals surface area contributed by atoms with E-state index in [0.717, 1.165) is 22.3 Å². The van der Waals surface area contributed by atoms with E-state index in [1.807, 2.05) is 24.3 Å². The quantitative estimate of drug-likeness (QED) is 0.713. The van der Waals surface area contributed by atoms with Gasteiger partial charge < -0.3 is 10.1 Å². The highest BCUT2D eigenvalue weighted by Crippen LogP contribution is 2.29. The van der Waals surface area contributed by atoms with E-state index >= 15 is 0 Å². The lowest BCUT2D eigenvalue weighted by Gasteiger charge is -2.11. The number of rotatable bonds is 6. The lowest BCUT2D eigenvalue weighted by molar-refractivity contribution is -0.113. The number of aryl methyl sites for hydroxylation is 1. The molecule has 1 N–H and O–H groups in total. The number of methoxy groups -OCH3 is 1. The zero-order chi connectivity index (χ0) is 17.6. The summed E-state index contributed by atoms with van der Waals surface area (Å²) in [5.74, 6) is 1.90. The van der Waals surface area contributed by atoms with Crippen molar-refractivity contribution < 1.29 is 9.53 Å². The van der Waals surface area contributed by atoms with Crippen LogP contribution in [-0.4, -0.2) is 23.8 Å². The Kier molecular flexibility index (Phi) is 5.56. The molecule has 1 heterocycles. The maximum absolute atomic E-state index is 12.3. The van der Waals surface area contributed by atoms with Crippen LogP contribution in [0.3, 0.4) is 0 Å². The van der Waals surface area contributed by atoms with Gasteiger partial charge in [-0.1, -0.05) is 29.8 Å². The number of aromatic nitrogens is 1. The number of hydrogen-bond donors (Lipinski definition) is 1. The second-order valence-electron chi connectivity index (χ2n) is 5.74. The first-order valence-electron chi connectivity index (χ1n) is 8.02. The highest BCUT2D eigenvalue weighted by atomic mass is 32.2. The molecule has 3 rings (SSSR count). The van der Waals surface area contributed by atoms with Crippen LogP contribution in [-0.2, 0) is 10.5 Å². The van der Waals surface area contributed by atoms with Crippen LogP contribution < -0.4 is 10.1 Å². The lowest BCUT2D eigenvalue weighted by Crippen LogP contribution is -2.14. The van der Waals surface area contributed by atoms with E-state index < -0.39 is 0 Å². The molecule has 0 radical (unpaired) electrons. The minimum atomic E-state index is -0.0209. The molecular weight excluding hydrogens is 332 g/mol. The van der Waals surface area contributed by atoms with Crippen LogP contribution in [0.25, 0.3) is 10.9 Å². The molecule has 0 saturated heterocycles. The molecule has 25 heavy (non-hydrogen) atoms. The SMILES string of the molecule is COc1ccc(NC(=O)CSCc2ccc(C)cc2)c2cccnc12. The minimum Gasteiger partial charge on any atom is -0.494 e. The Labute approximate surface area is 151 Å². The Bertz CT molecular complexity index is 879. The summed E-state index contributed by atoms with van der Waals surface area (Å²) < 4.78 is 5.33. The molecule has 1 aromatic heterocycles. The monoisotopic (exact) mass is 352 g/mol. The van der Waals surface area contributed by atoms with Crippen molar-refractivity contribution >= 4 is 34.3 Å². The van der Waals surface area contributed by atoms with Gasteiger partial charge in [0.1, 0.15) is 11.3 Å². The summed E-state index contributed by atoms with van der Waals surface area (Å²) in [5, 5.41) is 3.85. The van der Waals surface area contributed by atoms with Crippen molar-refractivity contribution in [1.29, 1.82) is 0 Å². The van der Waals surface area contributed by atoms with E-state index in [1.54, 1.807) is 25.1 Å². The van der Waals surface area contributed by atoms with Gasteiger partial charge in [-0.05, 0) is 36.8 Å². The molecule has 128 valence electrons. The molecule has 0 saturated carbocycles. The number of ether oxygens (including phenoxy) is 1. The summed E-state index contributed by atoms with van der Waals surface area (Å²) >= 11 is 1.60. The van der Waals surface area contributed by atoms with E-state index in [-0.39, 0.29) is 5.91 Å². The van der Waals surface area contributed by atoms with Gasteiger partial charge in [0.15, 0.2) is 0 Å². The maximum atomic E-state index is 12.3. The third-order valence-electron chi connectivity index (χ3n) is 3.85. The van der Waals surface area contributed by atoms with E-state index in [9.17, 15) is 4.79 Å². The molecule has 0 unspecified atom stereocenters. The highest BCUT2D eigenvalue weighted by Gasteiger charge is 2.10. The Morgan fingerprint density at radius 1 is 1.16 bits per heavy atom. The fourth-order valence-electron chi connectivity index (χ4n) is 2.55. The van der Waals surface area contributed by atoms with Crippen molar-refractivity contribution in [1.82, 2.24) is 4.98 Å². The maximum Gasteiger partial charge on any atom is 0.234 e. The number of hydrogen-bond acceptors (Lipinski definition) is 4. The molecule has 0 aliphatic heterocycles. The van der Waals surface area contributed by atoms with Gasteiger partial charge >= 0.3 is 0 Å². The molecule has 0 atom stereocenters. The van der Waals surface area contributed by atoms with Gasteiger partial charge in [0.05, 0.1) is 18.6 Å². The summed E-state index contributed by atoms with van der Waals surface area (Å²) in [6.07, 6.45) is 1.72. The molecule has 0 aliphatic rings. The number of amides is 1. The van der Waals surface area contributed by atoms with Gasteiger partial charge in [0.25, 0.3) is 0 Å². The largest absolute Gasteiger partial charge is 0.494 e. The molecule has 0 aliphatic carbocycles. The number of carbonyl (C=O) groups is 1. The molecule has 2 aromatic carbocycles. The van der Waals surface area contributed by atoms with Crippen LogP contribution in [0.4, 0.5) is 5.69 Å². The number of benzene rings is 2. The smallest absolute Gasteiger partial charge is 0.234 e. The number of anilines is 1. The average Bonchev–Trinajstić information content (AvgIpc) is 2.64. The molecule has 3 aromatic rings. The third kappa shape index (κ3) is 4.31. The fourth-order valence-corrected chi connectivity index (χ4v) is 3.34. The van der Waals surface area contributed by atoms with Crippen LogP contribution in [0.2, 0.25) is 0 Å². The lowest BCUT2D eigenvalue weighted by atomic mass is 10.1. The van der Waals surface area contributed by atoms with Gasteiger partial charge in [0, 0.05) is 17.3 Å². The highest BCUT2D eigenvalue weighted by molar-refractivity contribution is 7.99. The van der Waals surface area contributed by atoms with Crippen LogP contribution in [0, 0.1) is 6.92 Å². The van der Waals surface area contributed by atoms with E-state index in [1.165, 1.54) is 11.1 Å². The normalized spacial score (nSPS) is 10.6. The number of fused-ring (bicyclic) bond motifs is 1. The summed E-state index contributed by atoms with van der Waals surface area (Å²) in [5.41, 5.74) is 3.97. The molecular formula is C20H20N2O2S. The van der Waals surface area contributed by atoms with Gasteiger partial charge in [-0.25, -0.2) is 0 Å². The van der Waals surface area contributed by atoms with Gasteiger partial charge in [0.2, 0.25) is 5.91 Å². The molecule has 0 fully saturated rings. The van der Waals surface area contributed by atoms with E-state index in [2.05, 4.69) is 41.5 Å². The summed E-state index contributed by atoms with van der Waals surface area (Å²) in [4.78, 5) is 16.6. The van der Waals surface area contributed by atoms with Crippen molar-refractivity contribution in [3.63, 3.8) is 0 Å². The Balaban J connectivity index is 1.63. The summed E-state index contributed by atoms with van der Waals surface area (Å²) in [7, 11) is 1.61. The molecule has 1 amide bonds. The molecule has 5 heteroatoms. The Morgan fingerprint density at radius 2 is 1.96 bits per heavy atom. The predicted molar refractivity (Wildman–Crippen MR) is 104 cm³/mol. The second kappa shape index (κ2) is 8.03. The van der Waals surface area contributed by atoms with Crippen molar-refractivity contribution in [2.45, 2.75) is 12.7 Å². The van der Waals surface area contributed by atoms with Gasteiger partial charge in [-0.15, -0.1) is 11.8 Å². The Hall–Kier alpha value is -2.53. The molecule has 4 nitrogen and oxygen atoms in total. The molecule has 0 bridgehead atoms. The van der Waals surface area contributed by atoms with Gasteiger partial charge in [-0.3, -0.25) is 9.78 Å². The minimum absolute atomic E-state index is 0.0209. The van der Waals surface area contributed by atoms with Crippen molar-refractivity contribution in [2.24, 2.45) is 0 Å². The number of nitrogens with one attached hydrogen (secondary N) is 1. The number of pyridine rings is 1. The topological polar surface area (TPSA) is 51.2 Å². The van der Waals surface area contributed by atoms with Crippen LogP contribution in [0.15, 0.2) is 54.7 Å². The van der Waals surface area contributed by atoms with Crippen molar-refractivity contribution in [3.8, 4) is 5.75 Å². The zero-order valence-corrected chi connectivity index (χ0v) is 15.1. The number of thioether (sulfide) groups is 1. The standard InChI is InChI=1S/C20H20N2O2S/c1-14-5-7-15(8-6-14)12-25-13-19(23)22-17-9-10-18(24-2)20-16(17)4-3-11-21-20/h3-11H,12-13H2,1-2H3,(H,22,23). The third-order valence-corrected chi connectivity index (χ3v) is 4.85. The number of carbonyl (C=O) groups excluding carboxylic acids is 1. The first-order valence-corrected chi connectivity index (χ1v) is 9.17. The first kappa shape index (κ1) is 17.3. The fraction of sp³-hybridized carbons (Fsp3) is 0.200. The first-order chi connectivity index (χ1) is 12.2. The predicted octanol–water partition coefficient (Wildman–Crippen LogP) is 4.42. The van der Waals surface area contributed by atoms with Crippen molar-refractivity contribution in [2.75, 3.05) is 18.2 Å². The van der Waals surface area contributed by atoms with E-state index in [4.69, 9.17) is 4.74 Å². The van der Waals surface area contributed by atoms with Crippen LogP contribution in [0.5, 0.6) is 5.75 Å². The zero-order valence-electron chi connectivity index (χ0n) is 14.3. The number of nitrogens with zero attached hydrogens (tertiary/aromatic N) is 1. The second-order valence-corrected chi connectivity index (χ2v) is 6.73. The van der Waals surface area contributed by atoms with Gasteiger partial charge in [-0.2, -0.15) is 0 Å². The summed E-state index contributed by atoms with van der Waals surface area (Å²) in [6.45, 7) is 2.07. The van der Waals surface area contributed by atoms with Crippen LogP contribution >= 0.6 is 11.8 Å². The molecule has 0 spiro atoms. The van der Waals surface area contributed by atoms with Crippen LogP contribution in [0.1, 0.15) is 11.1 Å². The van der Waals surface area contributed by atoms with E-state index in [0.29, 0.717) is 11.5 Å². The summed E-state index contributed by atoms with van der Waals surface area (Å²) in [6, 6.07) is 15.8.